The first kappa shape index (κ1) is 12.5. The number of aryl methyl sites for hydroxylation is 1. The molecule has 0 bridgehead atoms. The van der Waals surface area contributed by atoms with Gasteiger partial charge in [0.1, 0.15) is 0 Å². The Morgan fingerprint density at radius 2 is 2.05 bits per heavy atom. The molecule has 1 heterocycles. The Bertz CT molecular complexity index is 491. The normalized spacial score (nSPS) is 30.7. The highest BCUT2D eigenvalue weighted by Crippen LogP contribution is 2.41. The van der Waals surface area contributed by atoms with Gasteiger partial charge in [-0.05, 0) is 37.8 Å². The Morgan fingerprint density at radius 3 is 2.74 bits per heavy atom. The molecule has 102 valence electrons. The zero-order valence-corrected chi connectivity index (χ0v) is 11.9. The van der Waals surface area contributed by atoms with Gasteiger partial charge in [0.2, 0.25) is 0 Å². The first-order chi connectivity index (χ1) is 9.11. The molecule has 0 aromatic heterocycles. The van der Waals surface area contributed by atoms with Crippen molar-refractivity contribution in [2.75, 3.05) is 11.4 Å². The highest BCUT2D eigenvalue weighted by atomic mass is 15.4. The first-order valence-corrected chi connectivity index (χ1v) is 7.28. The summed E-state index contributed by atoms with van der Waals surface area (Å²) in [6, 6.07) is 8.65. The van der Waals surface area contributed by atoms with Crippen molar-refractivity contribution in [2.45, 2.75) is 45.1 Å². The largest absolute Gasteiger partial charge is 0.369 e. The van der Waals surface area contributed by atoms with Crippen LogP contribution in [-0.4, -0.2) is 18.0 Å². The van der Waals surface area contributed by atoms with Gasteiger partial charge in [-0.2, -0.15) is 0 Å². The van der Waals surface area contributed by atoms with Gasteiger partial charge >= 0.3 is 0 Å². The molecule has 1 aromatic carbocycles. The fourth-order valence-corrected chi connectivity index (χ4v) is 3.69. The van der Waals surface area contributed by atoms with Crippen LogP contribution in [0.15, 0.2) is 29.3 Å². The molecule has 0 saturated heterocycles. The molecule has 1 aliphatic carbocycles. The summed E-state index contributed by atoms with van der Waals surface area (Å²) in [5, 5.41) is 0. The minimum Gasteiger partial charge on any atom is -0.369 e. The molecule has 2 N–H and O–H groups in total. The summed E-state index contributed by atoms with van der Waals surface area (Å²) in [5.74, 6) is 1.46. The van der Waals surface area contributed by atoms with Crippen molar-refractivity contribution < 1.29 is 0 Å². The molecule has 3 nitrogen and oxygen atoms in total. The minimum absolute atomic E-state index is 0.136. The van der Waals surface area contributed by atoms with E-state index in [1.165, 1.54) is 36.9 Å². The van der Waals surface area contributed by atoms with Crippen molar-refractivity contribution in [3.05, 3.63) is 29.8 Å². The standard InChI is InChI=1S/C16H23N3/c1-12-5-7-14(8-6-12)19-15(17)18-11-16(19)9-3-4-13(2)10-16/h5-8,13H,3-4,9-11H2,1-2H3,(H2,17,18). The highest BCUT2D eigenvalue weighted by molar-refractivity contribution is 5.98. The van der Waals surface area contributed by atoms with E-state index in [0.29, 0.717) is 5.96 Å². The van der Waals surface area contributed by atoms with Crippen molar-refractivity contribution in [1.82, 2.24) is 0 Å². The number of rotatable bonds is 1. The van der Waals surface area contributed by atoms with Crippen molar-refractivity contribution in [3.8, 4) is 0 Å². The third-order valence-electron chi connectivity index (χ3n) is 4.60. The zero-order valence-electron chi connectivity index (χ0n) is 11.9. The van der Waals surface area contributed by atoms with E-state index in [2.05, 4.69) is 48.0 Å². The van der Waals surface area contributed by atoms with Gasteiger partial charge in [0.15, 0.2) is 5.96 Å². The van der Waals surface area contributed by atoms with E-state index in [-0.39, 0.29) is 5.54 Å². The predicted molar refractivity (Wildman–Crippen MR) is 80.5 cm³/mol. The van der Waals surface area contributed by atoms with Crippen LogP contribution in [0.2, 0.25) is 0 Å². The lowest BCUT2D eigenvalue weighted by molar-refractivity contribution is 0.253. The second kappa shape index (κ2) is 4.55. The van der Waals surface area contributed by atoms with Crippen LogP contribution >= 0.6 is 0 Å². The Morgan fingerprint density at radius 1 is 1.32 bits per heavy atom. The van der Waals surface area contributed by atoms with Crippen LogP contribution in [0, 0.1) is 12.8 Å². The maximum Gasteiger partial charge on any atom is 0.196 e. The quantitative estimate of drug-likeness (QED) is 0.840. The van der Waals surface area contributed by atoms with Gasteiger partial charge in [0.25, 0.3) is 0 Å². The third-order valence-corrected chi connectivity index (χ3v) is 4.60. The van der Waals surface area contributed by atoms with Crippen molar-refractivity contribution in [2.24, 2.45) is 16.6 Å². The molecule has 3 rings (SSSR count). The average molecular weight is 257 g/mol. The van der Waals surface area contributed by atoms with Gasteiger partial charge in [-0.15, -0.1) is 0 Å². The molecule has 1 spiro atoms. The summed E-state index contributed by atoms with van der Waals surface area (Å²) in [6.45, 7) is 5.32. The number of nitrogens with zero attached hydrogens (tertiary/aromatic N) is 2. The molecule has 2 atom stereocenters. The molecular formula is C16H23N3. The highest BCUT2D eigenvalue weighted by Gasteiger charge is 2.45. The Balaban J connectivity index is 1.96. The van der Waals surface area contributed by atoms with Gasteiger partial charge in [-0.25, -0.2) is 0 Å². The number of nitrogens with two attached hydrogens (primary N) is 1. The van der Waals surface area contributed by atoms with Crippen LogP contribution in [-0.2, 0) is 0 Å². The van der Waals surface area contributed by atoms with E-state index in [1.807, 2.05) is 0 Å². The maximum atomic E-state index is 6.18. The summed E-state index contributed by atoms with van der Waals surface area (Å²) in [6.07, 6.45) is 5.02. The van der Waals surface area contributed by atoms with Crippen LogP contribution in [0.5, 0.6) is 0 Å². The summed E-state index contributed by atoms with van der Waals surface area (Å²) in [7, 11) is 0. The first-order valence-electron chi connectivity index (χ1n) is 7.28. The van der Waals surface area contributed by atoms with Crippen molar-refractivity contribution in [3.63, 3.8) is 0 Å². The molecule has 1 aromatic rings. The number of anilines is 1. The predicted octanol–water partition coefficient (Wildman–Crippen LogP) is 3.08. The smallest absolute Gasteiger partial charge is 0.196 e. The lowest BCUT2D eigenvalue weighted by atomic mass is 9.75. The van der Waals surface area contributed by atoms with Crippen molar-refractivity contribution in [1.29, 1.82) is 0 Å². The summed E-state index contributed by atoms with van der Waals surface area (Å²) >= 11 is 0. The van der Waals surface area contributed by atoms with Crippen LogP contribution < -0.4 is 10.6 Å². The third kappa shape index (κ3) is 2.11. The van der Waals surface area contributed by atoms with E-state index in [4.69, 9.17) is 5.73 Å². The maximum absolute atomic E-state index is 6.18. The fourth-order valence-electron chi connectivity index (χ4n) is 3.69. The van der Waals surface area contributed by atoms with Crippen LogP contribution in [0.3, 0.4) is 0 Å². The van der Waals surface area contributed by atoms with E-state index >= 15 is 0 Å². The minimum atomic E-state index is 0.136. The van der Waals surface area contributed by atoms with Crippen LogP contribution in [0.4, 0.5) is 5.69 Å². The Hall–Kier alpha value is -1.51. The number of guanidine groups is 1. The zero-order chi connectivity index (χ0) is 13.5. The molecule has 1 aliphatic heterocycles. The van der Waals surface area contributed by atoms with E-state index < -0.39 is 0 Å². The van der Waals surface area contributed by atoms with Gasteiger partial charge in [0.05, 0.1) is 12.1 Å². The lowest BCUT2D eigenvalue weighted by Gasteiger charge is -2.44. The van der Waals surface area contributed by atoms with E-state index in [1.54, 1.807) is 0 Å². The molecule has 0 amide bonds. The number of aliphatic imine (C=N–C) groups is 1. The lowest BCUT2D eigenvalue weighted by Crippen LogP contribution is -2.54. The molecular weight excluding hydrogens is 234 g/mol. The summed E-state index contributed by atoms with van der Waals surface area (Å²) < 4.78 is 0. The van der Waals surface area contributed by atoms with Gasteiger partial charge in [-0.1, -0.05) is 37.5 Å². The summed E-state index contributed by atoms with van der Waals surface area (Å²) in [5.41, 5.74) is 8.79. The van der Waals surface area contributed by atoms with Crippen LogP contribution in [0.25, 0.3) is 0 Å². The monoisotopic (exact) mass is 257 g/mol. The summed E-state index contributed by atoms with van der Waals surface area (Å²) in [4.78, 5) is 6.84. The van der Waals surface area contributed by atoms with Crippen molar-refractivity contribution >= 4 is 11.6 Å². The van der Waals surface area contributed by atoms with Gasteiger partial charge in [0, 0.05) is 5.69 Å². The number of benzene rings is 1. The molecule has 19 heavy (non-hydrogen) atoms. The second-order valence-electron chi connectivity index (χ2n) is 6.27. The van der Waals surface area contributed by atoms with Crippen LogP contribution in [0.1, 0.15) is 38.2 Å². The van der Waals surface area contributed by atoms with E-state index in [9.17, 15) is 0 Å². The average Bonchev–Trinajstić information content (AvgIpc) is 2.68. The number of hydrogen-bond acceptors (Lipinski definition) is 3. The molecule has 2 aliphatic rings. The Kier molecular flexibility index (Phi) is 3.00. The molecule has 1 saturated carbocycles. The van der Waals surface area contributed by atoms with Gasteiger partial charge in [-0.3, -0.25) is 4.99 Å². The molecule has 1 fully saturated rings. The molecule has 3 heteroatoms. The van der Waals surface area contributed by atoms with Gasteiger partial charge < -0.3 is 10.6 Å². The fraction of sp³-hybridized carbons (Fsp3) is 0.562. The topological polar surface area (TPSA) is 41.6 Å². The number of hydrogen-bond donors (Lipinski definition) is 1. The SMILES string of the molecule is Cc1ccc(N2C(N)=NCC23CCCC(C)C3)cc1. The van der Waals surface area contributed by atoms with E-state index in [0.717, 1.165) is 12.5 Å². The second-order valence-corrected chi connectivity index (χ2v) is 6.27. The molecule has 2 unspecified atom stereocenters. The Labute approximate surface area is 115 Å². The molecule has 0 radical (unpaired) electrons.